The number of hydrogen-bond acceptors (Lipinski definition) is 1. The molecule has 0 amide bonds. The van der Waals surface area contributed by atoms with E-state index in [4.69, 9.17) is 5.73 Å². The minimum atomic E-state index is -0.0219. The van der Waals surface area contributed by atoms with Gasteiger partial charge in [0.2, 0.25) is 0 Å². The van der Waals surface area contributed by atoms with Crippen LogP contribution in [-0.2, 0) is 0 Å². The molecule has 0 saturated heterocycles. The minimum absolute atomic E-state index is 0.0219. The molecule has 0 atom stereocenters. The second-order valence-corrected chi connectivity index (χ2v) is 7.80. The van der Waals surface area contributed by atoms with Gasteiger partial charge in [0, 0.05) is 5.54 Å². The summed E-state index contributed by atoms with van der Waals surface area (Å²) in [7, 11) is 0. The first-order valence-corrected chi connectivity index (χ1v) is 10.7. The first-order chi connectivity index (χ1) is 10.9. The van der Waals surface area contributed by atoms with E-state index < -0.39 is 0 Å². The van der Waals surface area contributed by atoms with Crippen molar-refractivity contribution in [2.24, 2.45) is 16.6 Å². The molecule has 0 aromatic rings. The molecule has 0 spiro atoms. The van der Waals surface area contributed by atoms with Crippen LogP contribution in [0.5, 0.6) is 0 Å². The van der Waals surface area contributed by atoms with Crippen LogP contribution < -0.4 is 5.73 Å². The molecule has 0 heterocycles. The maximum Gasteiger partial charge on any atom is 0.0211 e. The molecule has 1 nitrogen and oxygen atoms in total. The summed E-state index contributed by atoms with van der Waals surface area (Å²) < 4.78 is 0. The molecule has 0 unspecified atom stereocenters. The van der Waals surface area contributed by atoms with Crippen LogP contribution in [0, 0.1) is 10.8 Å². The summed E-state index contributed by atoms with van der Waals surface area (Å²) in [5.41, 5.74) is 7.75. The van der Waals surface area contributed by atoms with E-state index in [1.54, 1.807) is 0 Å². The first kappa shape index (κ1) is 23.0. The Morgan fingerprint density at radius 2 is 1.04 bits per heavy atom. The van der Waals surface area contributed by atoms with Crippen LogP contribution in [0.2, 0.25) is 0 Å². The van der Waals surface area contributed by atoms with Gasteiger partial charge in [-0.3, -0.25) is 0 Å². The molecular formula is C22H47N. The van der Waals surface area contributed by atoms with E-state index in [9.17, 15) is 0 Å². The third-order valence-electron chi connectivity index (χ3n) is 7.55. The van der Waals surface area contributed by atoms with Crippen LogP contribution in [0.1, 0.15) is 126 Å². The first-order valence-electron chi connectivity index (χ1n) is 10.7. The predicted molar refractivity (Wildman–Crippen MR) is 107 cm³/mol. The fourth-order valence-electron chi connectivity index (χ4n) is 5.75. The van der Waals surface area contributed by atoms with Gasteiger partial charge in [-0.05, 0) is 55.8 Å². The number of rotatable bonds is 14. The van der Waals surface area contributed by atoms with Crippen LogP contribution in [0.4, 0.5) is 0 Å². The highest BCUT2D eigenvalue weighted by Gasteiger charge is 2.55. The molecule has 0 saturated carbocycles. The standard InChI is InChI=1S/C22H47N/c1-8-15-16-17-18-19-20(9-2,10-3)21(11-4,12-5)22(23,13-6)14-7/h8-19,23H2,1-7H3. The number of nitrogens with two attached hydrogens (primary N) is 1. The van der Waals surface area contributed by atoms with Crippen LogP contribution >= 0.6 is 0 Å². The molecule has 23 heavy (non-hydrogen) atoms. The highest BCUT2D eigenvalue weighted by molar-refractivity contribution is 5.09. The van der Waals surface area contributed by atoms with E-state index >= 15 is 0 Å². The molecule has 1 heteroatoms. The lowest BCUT2D eigenvalue weighted by atomic mass is 9.47. The van der Waals surface area contributed by atoms with Crippen molar-refractivity contribution in [2.45, 2.75) is 131 Å². The van der Waals surface area contributed by atoms with E-state index in [0.717, 1.165) is 12.8 Å². The lowest BCUT2D eigenvalue weighted by Crippen LogP contribution is -2.62. The Hall–Kier alpha value is -0.0400. The summed E-state index contributed by atoms with van der Waals surface area (Å²) in [6.45, 7) is 16.5. The molecule has 0 aliphatic carbocycles. The monoisotopic (exact) mass is 325 g/mol. The lowest BCUT2D eigenvalue weighted by Gasteiger charge is -2.59. The Balaban J connectivity index is 5.53. The van der Waals surface area contributed by atoms with Gasteiger partial charge in [-0.1, -0.05) is 80.6 Å². The summed E-state index contributed by atoms with van der Waals surface area (Å²) >= 11 is 0. The Morgan fingerprint density at radius 1 is 0.565 bits per heavy atom. The fourth-order valence-corrected chi connectivity index (χ4v) is 5.75. The third-order valence-corrected chi connectivity index (χ3v) is 7.55. The van der Waals surface area contributed by atoms with E-state index in [-0.39, 0.29) is 11.0 Å². The van der Waals surface area contributed by atoms with Crippen molar-refractivity contribution in [3.63, 3.8) is 0 Å². The predicted octanol–water partition coefficient (Wildman–Crippen LogP) is 7.48. The maximum atomic E-state index is 7.09. The average molecular weight is 326 g/mol. The molecule has 0 aliphatic heterocycles. The molecule has 0 aliphatic rings. The van der Waals surface area contributed by atoms with Gasteiger partial charge in [-0.25, -0.2) is 0 Å². The quantitative estimate of drug-likeness (QED) is 0.329. The molecule has 0 bridgehead atoms. The van der Waals surface area contributed by atoms with Crippen molar-refractivity contribution >= 4 is 0 Å². The number of hydrogen-bond donors (Lipinski definition) is 1. The molecular weight excluding hydrogens is 278 g/mol. The molecule has 0 radical (unpaired) electrons. The van der Waals surface area contributed by atoms with E-state index in [0.29, 0.717) is 5.41 Å². The molecule has 0 aromatic heterocycles. The summed E-state index contributed by atoms with van der Waals surface area (Å²) in [5.74, 6) is 0. The Bertz CT molecular complexity index is 282. The highest BCUT2D eigenvalue weighted by Crippen LogP contribution is 2.59. The van der Waals surface area contributed by atoms with E-state index in [1.807, 2.05) is 0 Å². The van der Waals surface area contributed by atoms with Crippen LogP contribution in [-0.4, -0.2) is 5.54 Å². The van der Waals surface area contributed by atoms with Gasteiger partial charge in [-0.2, -0.15) is 0 Å². The van der Waals surface area contributed by atoms with Crippen molar-refractivity contribution in [2.75, 3.05) is 0 Å². The Morgan fingerprint density at radius 3 is 1.39 bits per heavy atom. The minimum Gasteiger partial charge on any atom is -0.325 e. The maximum absolute atomic E-state index is 7.09. The largest absolute Gasteiger partial charge is 0.325 e. The van der Waals surface area contributed by atoms with E-state index in [2.05, 4.69) is 48.5 Å². The molecule has 0 aromatic carbocycles. The molecule has 0 rings (SSSR count). The summed E-state index contributed by atoms with van der Waals surface area (Å²) in [4.78, 5) is 0. The summed E-state index contributed by atoms with van der Waals surface area (Å²) in [6.07, 6.45) is 15.5. The Labute approximate surface area is 148 Å². The second kappa shape index (κ2) is 10.7. The van der Waals surface area contributed by atoms with Crippen molar-refractivity contribution in [3.8, 4) is 0 Å². The summed E-state index contributed by atoms with van der Waals surface area (Å²) in [5, 5.41) is 0. The van der Waals surface area contributed by atoms with Crippen LogP contribution in [0.3, 0.4) is 0 Å². The average Bonchev–Trinajstić information content (AvgIpc) is 2.60. The lowest BCUT2D eigenvalue weighted by molar-refractivity contribution is -0.0684. The van der Waals surface area contributed by atoms with Gasteiger partial charge in [0.25, 0.3) is 0 Å². The zero-order valence-corrected chi connectivity index (χ0v) is 17.6. The van der Waals surface area contributed by atoms with Gasteiger partial charge >= 0.3 is 0 Å². The van der Waals surface area contributed by atoms with Gasteiger partial charge < -0.3 is 5.73 Å². The third kappa shape index (κ3) is 4.53. The molecule has 140 valence electrons. The fraction of sp³-hybridized carbons (Fsp3) is 1.00. The topological polar surface area (TPSA) is 26.0 Å². The van der Waals surface area contributed by atoms with Gasteiger partial charge in [0.05, 0.1) is 0 Å². The van der Waals surface area contributed by atoms with Crippen molar-refractivity contribution in [3.05, 3.63) is 0 Å². The van der Waals surface area contributed by atoms with Crippen molar-refractivity contribution in [1.29, 1.82) is 0 Å². The van der Waals surface area contributed by atoms with Gasteiger partial charge in [-0.15, -0.1) is 0 Å². The zero-order chi connectivity index (χ0) is 18.0. The Kier molecular flexibility index (Phi) is 10.7. The van der Waals surface area contributed by atoms with Crippen LogP contribution in [0.25, 0.3) is 0 Å². The van der Waals surface area contributed by atoms with Crippen molar-refractivity contribution in [1.82, 2.24) is 0 Å². The number of unbranched alkanes of at least 4 members (excludes halogenated alkanes) is 4. The molecule has 2 N–H and O–H groups in total. The van der Waals surface area contributed by atoms with Gasteiger partial charge in [0.1, 0.15) is 0 Å². The van der Waals surface area contributed by atoms with Crippen molar-refractivity contribution < 1.29 is 0 Å². The zero-order valence-electron chi connectivity index (χ0n) is 17.6. The van der Waals surface area contributed by atoms with E-state index in [1.165, 1.54) is 64.2 Å². The summed E-state index contributed by atoms with van der Waals surface area (Å²) in [6, 6.07) is 0. The highest BCUT2D eigenvalue weighted by atomic mass is 14.8. The molecule has 0 fully saturated rings. The normalized spacial score (nSPS) is 13.6. The SMILES string of the molecule is CCCCCCCC(CC)(CC)C(CC)(CC)C(N)(CC)CC. The van der Waals surface area contributed by atoms with Gasteiger partial charge in [0.15, 0.2) is 0 Å². The second-order valence-electron chi connectivity index (χ2n) is 7.80. The van der Waals surface area contributed by atoms with Crippen LogP contribution in [0.15, 0.2) is 0 Å². The smallest absolute Gasteiger partial charge is 0.0211 e.